The van der Waals surface area contributed by atoms with Gasteiger partial charge in [0.2, 0.25) is 0 Å². The lowest BCUT2D eigenvalue weighted by Gasteiger charge is -2.22. The Kier molecular flexibility index (Phi) is 7.19. The van der Waals surface area contributed by atoms with Crippen molar-refractivity contribution in [2.75, 3.05) is 0 Å². The van der Waals surface area contributed by atoms with Crippen molar-refractivity contribution >= 4 is 21.5 Å². The van der Waals surface area contributed by atoms with Crippen molar-refractivity contribution in [3.05, 3.63) is 193 Å². The van der Waals surface area contributed by atoms with Crippen LogP contribution < -0.4 is 0 Å². The van der Waals surface area contributed by atoms with E-state index >= 15 is 0 Å². The molecule has 9 aromatic rings. The molecule has 0 radical (unpaired) electrons. The van der Waals surface area contributed by atoms with Gasteiger partial charge in [0, 0.05) is 22.1 Å². The van der Waals surface area contributed by atoms with E-state index < -0.39 is 0 Å². The third-order valence-electron chi connectivity index (χ3n) is 11.0. The third-order valence-corrected chi connectivity index (χ3v) is 11.0. The second kappa shape index (κ2) is 12.3. The van der Waals surface area contributed by atoms with E-state index in [1.807, 2.05) is 6.07 Å². The quantitative estimate of drug-likeness (QED) is 0.170. The maximum absolute atomic E-state index is 5.35. The average molecular weight is 677 g/mol. The molecule has 0 atom stereocenters. The molecule has 2 heteroatoms. The molecule has 0 saturated heterocycles. The van der Waals surface area contributed by atoms with E-state index in [4.69, 9.17) is 9.97 Å². The Morgan fingerprint density at radius 2 is 0.868 bits per heavy atom. The van der Waals surface area contributed by atoms with Gasteiger partial charge in [-0.25, -0.2) is 9.97 Å². The summed E-state index contributed by atoms with van der Waals surface area (Å²) >= 11 is 0. The zero-order chi connectivity index (χ0) is 35.5. The molecule has 1 aromatic heterocycles. The lowest BCUT2D eigenvalue weighted by molar-refractivity contribution is 0.661. The molecule has 0 fully saturated rings. The molecule has 53 heavy (non-hydrogen) atoms. The molecule has 0 unspecified atom stereocenters. The van der Waals surface area contributed by atoms with Crippen LogP contribution in [-0.4, -0.2) is 9.97 Å². The van der Waals surface area contributed by atoms with Crippen molar-refractivity contribution in [3.63, 3.8) is 0 Å². The van der Waals surface area contributed by atoms with E-state index in [-0.39, 0.29) is 5.41 Å². The maximum atomic E-state index is 5.35. The largest absolute Gasteiger partial charge is 0.228 e. The first kappa shape index (κ1) is 31.1. The van der Waals surface area contributed by atoms with Gasteiger partial charge in [-0.1, -0.05) is 153 Å². The number of benzene rings is 8. The predicted molar refractivity (Wildman–Crippen MR) is 222 cm³/mol. The fourth-order valence-electron chi connectivity index (χ4n) is 8.24. The highest BCUT2D eigenvalue weighted by atomic mass is 14.9. The minimum absolute atomic E-state index is 0.0705. The normalized spacial score (nSPS) is 12.9. The van der Waals surface area contributed by atoms with E-state index in [1.165, 1.54) is 43.8 Å². The minimum Gasteiger partial charge on any atom is -0.228 e. The molecule has 0 saturated carbocycles. The van der Waals surface area contributed by atoms with Gasteiger partial charge in [-0.2, -0.15) is 0 Å². The molecule has 10 rings (SSSR count). The third kappa shape index (κ3) is 5.34. The summed E-state index contributed by atoms with van der Waals surface area (Å²) in [6.07, 6.45) is 0. The number of fused-ring (bicyclic) bond motifs is 6. The highest BCUT2D eigenvalue weighted by molar-refractivity contribution is 6.11. The Morgan fingerprint density at radius 1 is 0.340 bits per heavy atom. The molecule has 0 bridgehead atoms. The van der Waals surface area contributed by atoms with Crippen LogP contribution in [0.1, 0.15) is 25.0 Å². The average Bonchev–Trinajstić information content (AvgIpc) is 3.45. The summed E-state index contributed by atoms with van der Waals surface area (Å²) in [7, 11) is 0. The summed E-state index contributed by atoms with van der Waals surface area (Å²) in [5.74, 6) is 0.701. The van der Waals surface area contributed by atoms with E-state index in [9.17, 15) is 0 Å². The van der Waals surface area contributed by atoms with Gasteiger partial charge in [-0.3, -0.25) is 0 Å². The topological polar surface area (TPSA) is 25.8 Å². The number of aromatic nitrogens is 2. The fraction of sp³-hybridized carbons (Fsp3) is 0.0588. The Balaban J connectivity index is 1.18. The lowest BCUT2D eigenvalue weighted by atomic mass is 9.81. The molecular weight excluding hydrogens is 641 g/mol. The molecular formula is C51H36N2. The smallest absolute Gasteiger partial charge is 0.160 e. The van der Waals surface area contributed by atoms with Gasteiger partial charge in [0.05, 0.1) is 11.4 Å². The molecule has 1 aliphatic rings. The fourth-order valence-corrected chi connectivity index (χ4v) is 8.24. The van der Waals surface area contributed by atoms with Gasteiger partial charge >= 0.3 is 0 Å². The van der Waals surface area contributed by atoms with Crippen molar-refractivity contribution in [1.29, 1.82) is 0 Å². The van der Waals surface area contributed by atoms with Gasteiger partial charge in [0.25, 0.3) is 0 Å². The van der Waals surface area contributed by atoms with E-state index in [2.05, 4.69) is 190 Å². The number of hydrogen-bond donors (Lipinski definition) is 0. The lowest BCUT2D eigenvalue weighted by Crippen LogP contribution is -2.14. The van der Waals surface area contributed by atoms with Gasteiger partial charge in [0.15, 0.2) is 5.82 Å². The van der Waals surface area contributed by atoms with Gasteiger partial charge < -0.3 is 0 Å². The number of hydrogen-bond acceptors (Lipinski definition) is 2. The highest BCUT2D eigenvalue weighted by Gasteiger charge is 2.35. The standard InChI is InChI=1S/C51H36N2/c1-51(2)46-21-13-12-20-42(46)45-29-37-24-22-35-23-25-38(30-43(35)44(37)31-47(45)51)49-32-48(36-18-10-5-11-19-36)52-50(53-49)41-27-39(33-14-6-3-7-15-33)26-40(28-41)34-16-8-4-9-17-34/h3-32H,1-2H3. The zero-order valence-electron chi connectivity index (χ0n) is 29.7. The minimum atomic E-state index is -0.0705. The Morgan fingerprint density at radius 3 is 1.55 bits per heavy atom. The van der Waals surface area contributed by atoms with Gasteiger partial charge in [-0.05, 0) is 109 Å². The Labute approximate surface area is 310 Å². The number of rotatable bonds is 5. The number of nitrogens with zero attached hydrogens (tertiary/aromatic N) is 2. The maximum Gasteiger partial charge on any atom is 0.160 e. The first-order chi connectivity index (χ1) is 26.0. The summed E-state index contributed by atoms with van der Waals surface area (Å²) in [5, 5.41) is 4.97. The van der Waals surface area contributed by atoms with Crippen LogP contribution in [-0.2, 0) is 5.41 Å². The first-order valence-corrected chi connectivity index (χ1v) is 18.3. The molecule has 0 N–H and O–H groups in total. The van der Waals surface area contributed by atoms with Crippen LogP contribution in [0.3, 0.4) is 0 Å². The predicted octanol–water partition coefficient (Wildman–Crippen LogP) is 13.4. The molecule has 0 amide bonds. The highest BCUT2D eigenvalue weighted by Crippen LogP contribution is 2.50. The van der Waals surface area contributed by atoms with Gasteiger partial charge in [0.1, 0.15) is 0 Å². The molecule has 8 aromatic carbocycles. The SMILES string of the molecule is CC1(C)c2ccccc2-c2cc3ccc4ccc(-c5cc(-c6ccccc6)nc(-c6cc(-c7ccccc7)cc(-c7ccccc7)c6)n5)cc4c3cc21. The summed E-state index contributed by atoms with van der Waals surface area (Å²) in [6, 6.07) is 65.4. The van der Waals surface area contributed by atoms with Crippen molar-refractivity contribution in [3.8, 4) is 67.3 Å². The van der Waals surface area contributed by atoms with Crippen molar-refractivity contribution in [2.24, 2.45) is 0 Å². The molecule has 0 aliphatic heterocycles. The van der Waals surface area contributed by atoms with Crippen LogP contribution in [0, 0.1) is 0 Å². The zero-order valence-corrected chi connectivity index (χ0v) is 29.7. The van der Waals surface area contributed by atoms with Crippen LogP contribution in [0.25, 0.3) is 88.8 Å². The van der Waals surface area contributed by atoms with Crippen molar-refractivity contribution < 1.29 is 0 Å². The van der Waals surface area contributed by atoms with Crippen LogP contribution in [0.5, 0.6) is 0 Å². The Hall–Kier alpha value is -6.64. The van der Waals surface area contributed by atoms with E-state index in [0.29, 0.717) is 5.82 Å². The van der Waals surface area contributed by atoms with E-state index in [1.54, 1.807) is 0 Å². The van der Waals surface area contributed by atoms with E-state index in [0.717, 1.165) is 50.3 Å². The van der Waals surface area contributed by atoms with Gasteiger partial charge in [-0.15, -0.1) is 0 Å². The molecule has 0 spiro atoms. The first-order valence-electron chi connectivity index (χ1n) is 18.3. The second-order valence-corrected chi connectivity index (χ2v) is 14.7. The van der Waals surface area contributed by atoms with Crippen molar-refractivity contribution in [1.82, 2.24) is 9.97 Å². The summed E-state index contributed by atoms with van der Waals surface area (Å²) in [6.45, 7) is 4.70. The van der Waals surface area contributed by atoms with Crippen LogP contribution in [0.2, 0.25) is 0 Å². The van der Waals surface area contributed by atoms with Crippen LogP contribution >= 0.6 is 0 Å². The second-order valence-electron chi connectivity index (χ2n) is 14.7. The summed E-state index contributed by atoms with van der Waals surface area (Å²) < 4.78 is 0. The Bertz CT molecular complexity index is 2780. The van der Waals surface area contributed by atoms with Crippen molar-refractivity contribution in [2.45, 2.75) is 19.3 Å². The molecule has 250 valence electrons. The summed E-state index contributed by atoms with van der Waals surface area (Å²) in [4.78, 5) is 10.6. The van der Waals surface area contributed by atoms with Crippen LogP contribution in [0.15, 0.2) is 182 Å². The monoisotopic (exact) mass is 676 g/mol. The summed E-state index contributed by atoms with van der Waals surface area (Å²) in [5.41, 5.74) is 14.9. The molecule has 1 aliphatic carbocycles. The molecule has 1 heterocycles. The van der Waals surface area contributed by atoms with Crippen LogP contribution in [0.4, 0.5) is 0 Å². The molecule has 2 nitrogen and oxygen atoms in total.